The lowest BCUT2D eigenvalue weighted by atomic mass is 10.1. The molecule has 0 aromatic carbocycles. The van der Waals surface area contributed by atoms with E-state index in [9.17, 15) is 19.0 Å². The van der Waals surface area contributed by atoms with Crippen LogP contribution in [0.25, 0.3) is 0 Å². The zero-order chi connectivity index (χ0) is 49.2. The first-order valence-corrected chi connectivity index (χ1v) is 27.3. The van der Waals surface area contributed by atoms with E-state index in [0.717, 1.165) is 89.9 Å². The predicted molar refractivity (Wildman–Crippen MR) is 284 cm³/mol. The van der Waals surface area contributed by atoms with Crippen molar-refractivity contribution in [1.82, 2.24) is 0 Å². The number of carbonyl (C=O) groups is 2. The standard InChI is InChI=1S/C57H94NO8P/c1-6-8-10-12-14-16-18-20-22-23-24-25-26-27-28-29-30-31-32-33-34-35-36-38-40-42-44-46-48-50-57(60)66-55(54-65-67(61,62)64-52-51-58(3,4)5)53-63-56(59)49-47-45-43-41-39-37-21-19-17-15-13-11-9-7-2/h8,10,14,16,19-22,24-25,27-28,30-31,33-34,36,38,42,44,55H,6-7,9,11-13,15,17-18,23,26,29,32,35,37,39-41,43,45-54H2,1-5H3/p+1/b10-8-,16-14-,21-19-,22-20-,25-24-,28-27-,31-30-,34-33-,38-36-,44-42-. The summed E-state index contributed by atoms with van der Waals surface area (Å²) in [5.74, 6) is -0.889. The van der Waals surface area contributed by atoms with Gasteiger partial charge in [0.1, 0.15) is 19.8 Å². The maximum Gasteiger partial charge on any atom is 0.472 e. The molecule has 0 saturated heterocycles. The van der Waals surface area contributed by atoms with E-state index in [4.69, 9.17) is 18.5 Å². The highest BCUT2D eigenvalue weighted by molar-refractivity contribution is 7.47. The molecular weight excluding hydrogens is 858 g/mol. The van der Waals surface area contributed by atoms with Crippen molar-refractivity contribution in [3.05, 3.63) is 122 Å². The zero-order valence-corrected chi connectivity index (χ0v) is 43.7. The van der Waals surface area contributed by atoms with Crippen LogP contribution in [0.1, 0.15) is 174 Å². The van der Waals surface area contributed by atoms with Crippen LogP contribution in [0.15, 0.2) is 122 Å². The van der Waals surface area contributed by atoms with Gasteiger partial charge in [-0.05, 0) is 103 Å². The average molecular weight is 953 g/mol. The number of likely N-dealkylation sites (N-methyl/N-ethyl adjacent to an activating group) is 1. The monoisotopic (exact) mass is 953 g/mol. The van der Waals surface area contributed by atoms with Crippen LogP contribution in [0, 0.1) is 0 Å². The van der Waals surface area contributed by atoms with Crippen LogP contribution in [0.4, 0.5) is 0 Å². The molecule has 0 amide bonds. The van der Waals surface area contributed by atoms with Crippen LogP contribution in [-0.2, 0) is 32.7 Å². The summed E-state index contributed by atoms with van der Waals surface area (Å²) in [4.78, 5) is 35.5. The number of nitrogens with zero attached hydrogens (tertiary/aromatic N) is 1. The highest BCUT2D eigenvalue weighted by Crippen LogP contribution is 2.43. The molecule has 0 saturated carbocycles. The predicted octanol–water partition coefficient (Wildman–Crippen LogP) is 15.6. The highest BCUT2D eigenvalue weighted by atomic mass is 31.2. The summed E-state index contributed by atoms with van der Waals surface area (Å²) in [5, 5.41) is 0. The number of phosphoric acid groups is 1. The fourth-order valence-corrected chi connectivity index (χ4v) is 6.99. The van der Waals surface area contributed by atoms with Crippen LogP contribution in [0.2, 0.25) is 0 Å². The third-order valence-corrected chi connectivity index (χ3v) is 11.2. The molecule has 0 aliphatic heterocycles. The molecule has 0 aromatic rings. The molecule has 0 radical (unpaired) electrons. The number of esters is 2. The Balaban J connectivity index is 4.39. The molecule has 0 aliphatic rings. The van der Waals surface area contributed by atoms with Gasteiger partial charge in [0, 0.05) is 12.8 Å². The van der Waals surface area contributed by atoms with Crippen molar-refractivity contribution in [2.45, 2.75) is 180 Å². The first kappa shape index (κ1) is 63.4. The Morgan fingerprint density at radius 2 is 0.866 bits per heavy atom. The van der Waals surface area contributed by atoms with Crippen molar-refractivity contribution in [2.75, 3.05) is 47.5 Å². The molecule has 0 aliphatic carbocycles. The van der Waals surface area contributed by atoms with Gasteiger partial charge >= 0.3 is 19.8 Å². The second-order valence-corrected chi connectivity index (χ2v) is 19.3. The molecule has 380 valence electrons. The Morgan fingerprint density at radius 1 is 0.478 bits per heavy atom. The Hall–Kier alpha value is -3.59. The van der Waals surface area contributed by atoms with Gasteiger partial charge in [-0.2, -0.15) is 0 Å². The molecule has 0 spiro atoms. The average Bonchev–Trinajstić information content (AvgIpc) is 3.29. The Morgan fingerprint density at radius 3 is 1.33 bits per heavy atom. The smallest absolute Gasteiger partial charge is 0.462 e. The number of rotatable bonds is 45. The van der Waals surface area contributed by atoms with Gasteiger partial charge in [-0.15, -0.1) is 0 Å². The van der Waals surface area contributed by atoms with E-state index in [-0.39, 0.29) is 26.1 Å². The highest BCUT2D eigenvalue weighted by Gasteiger charge is 2.27. The SMILES string of the molecule is CC/C=C\C/C=C\C/C=C\C/C=C\C/C=C\C/C=C\C/C=C\C/C=C\C/C=C\CCCC(=O)OC(COC(=O)CCCCCCC/C=C\CCCCCCC)COP(=O)(O)OCC[N+](C)(C)C. The molecule has 0 heterocycles. The summed E-state index contributed by atoms with van der Waals surface area (Å²) < 4.78 is 34.3. The lowest BCUT2D eigenvalue weighted by Crippen LogP contribution is -2.37. The topological polar surface area (TPSA) is 108 Å². The van der Waals surface area contributed by atoms with E-state index in [1.165, 1.54) is 38.5 Å². The normalized spacial score (nSPS) is 14.4. The van der Waals surface area contributed by atoms with E-state index >= 15 is 0 Å². The van der Waals surface area contributed by atoms with Crippen molar-refractivity contribution in [1.29, 1.82) is 0 Å². The minimum absolute atomic E-state index is 0.0126. The van der Waals surface area contributed by atoms with Gasteiger partial charge in [0.15, 0.2) is 6.10 Å². The van der Waals surface area contributed by atoms with Gasteiger partial charge in [0.2, 0.25) is 0 Å². The third kappa shape index (κ3) is 51.6. The maximum absolute atomic E-state index is 12.7. The molecule has 0 aromatic heterocycles. The molecule has 2 unspecified atom stereocenters. The minimum atomic E-state index is -4.41. The van der Waals surface area contributed by atoms with E-state index < -0.39 is 32.5 Å². The summed E-state index contributed by atoms with van der Waals surface area (Å²) in [6.45, 7) is 4.20. The summed E-state index contributed by atoms with van der Waals surface area (Å²) in [5.41, 5.74) is 0. The number of carbonyl (C=O) groups excluding carboxylic acids is 2. The number of unbranched alkanes of at least 4 members (excludes halogenated alkanes) is 11. The fraction of sp³-hybridized carbons (Fsp3) is 0.614. The van der Waals surface area contributed by atoms with Crippen LogP contribution in [0.5, 0.6) is 0 Å². The Bertz CT molecular complexity index is 1540. The van der Waals surface area contributed by atoms with Gasteiger partial charge in [0.25, 0.3) is 0 Å². The Labute approximate surface area is 409 Å². The quantitative estimate of drug-likeness (QED) is 0.0211. The minimum Gasteiger partial charge on any atom is -0.462 e. The van der Waals surface area contributed by atoms with Crippen LogP contribution in [0.3, 0.4) is 0 Å². The summed E-state index contributed by atoms with van der Waals surface area (Å²) >= 11 is 0. The van der Waals surface area contributed by atoms with Crippen molar-refractivity contribution < 1.29 is 42.1 Å². The fourth-order valence-electron chi connectivity index (χ4n) is 6.24. The van der Waals surface area contributed by atoms with Crippen LogP contribution >= 0.6 is 7.82 Å². The molecule has 1 N–H and O–H groups in total. The zero-order valence-electron chi connectivity index (χ0n) is 42.8. The van der Waals surface area contributed by atoms with Crippen molar-refractivity contribution >= 4 is 19.8 Å². The lowest BCUT2D eigenvalue weighted by Gasteiger charge is -2.24. The lowest BCUT2D eigenvalue weighted by molar-refractivity contribution is -0.870. The van der Waals surface area contributed by atoms with Gasteiger partial charge in [-0.1, -0.05) is 180 Å². The summed E-state index contributed by atoms with van der Waals surface area (Å²) in [6.07, 6.45) is 66.9. The number of allylic oxidation sites excluding steroid dienone is 20. The molecule has 10 heteroatoms. The van der Waals surface area contributed by atoms with Crippen LogP contribution in [-0.4, -0.2) is 74.9 Å². The first-order chi connectivity index (χ1) is 32.5. The van der Waals surface area contributed by atoms with Gasteiger partial charge in [0.05, 0.1) is 27.7 Å². The van der Waals surface area contributed by atoms with Crippen molar-refractivity contribution in [3.63, 3.8) is 0 Å². The molecule has 0 rings (SSSR count). The number of quaternary nitrogens is 1. The number of phosphoric ester groups is 1. The third-order valence-electron chi connectivity index (χ3n) is 10.2. The number of ether oxygens (including phenoxy) is 2. The van der Waals surface area contributed by atoms with E-state index in [1.807, 2.05) is 27.2 Å². The van der Waals surface area contributed by atoms with Crippen molar-refractivity contribution in [3.8, 4) is 0 Å². The molecular formula is C57H95NO8P+. The second kappa shape index (κ2) is 47.5. The molecule has 0 bridgehead atoms. The van der Waals surface area contributed by atoms with E-state index in [0.29, 0.717) is 30.3 Å². The van der Waals surface area contributed by atoms with Crippen molar-refractivity contribution in [2.24, 2.45) is 0 Å². The largest absolute Gasteiger partial charge is 0.472 e. The maximum atomic E-state index is 12.7. The second-order valence-electron chi connectivity index (χ2n) is 17.8. The Kier molecular flexibility index (Phi) is 44.9. The van der Waals surface area contributed by atoms with Crippen LogP contribution < -0.4 is 0 Å². The molecule has 2 atom stereocenters. The van der Waals surface area contributed by atoms with Gasteiger partial charge in [-0.3, -0.25) is 18.6 Å². The number of hydrogen-bond donors (Lipinski definition) is 1. The molecule has 9 nitrogen and oxygen atoms in total. The first-order valence-electron chi connectivity index (χ1n) is 25.8. The van der Waals surface area contributed by atoms with E-state index in [1.54, 1.807) is 0 Å². The van der Waals surface area contributed by atoms with Gasteiger partial charge in [-0.25, -0.2) is 4.57 Å². The number of hydrogen-bond acceptors (Lipinski definition) is 7. The molecule has 67 heavy (non-hydrogen) atoms. The summed E-state index contributed by atoms with van der Waals surface area (Å²) in [6, 6.07) is 0. The summed E-state index contributed by atoms with van der Waals surface area (Å²) in [7, 11) is 1.41. The van der Waals surface area contributed by atoms with Gasteiger partial charge < -0.3 is 18.9 Å². The molecule has 0 fully saturated rings. The van der Waals surface area contributed by atoms with E-state index in [2.05, 4.69) is 129 Å².